The molecule has 8 heteroatoms. The minimum absolute atomic E-state index is 0.0987. The van der Waals surface area contributed by atoms with Gasteiger partial charge in [0.15, 0.2) is 0 Å². The number of carbonyl (C=O) groups excluding carboxylic acids is 2. The van der Waals surface area contributed by atoms with Crippen molar-refractivity contribution < 1.29 is 27.5 Å². The fraction of sp³-hybridized carbons (Fsp3) is 0.500. The lowest BCUT2D eigenvalue weighted by molar-refractivity contribution is -0.174. The standard InChI is InChI=1S/C16H21F3N2O3/c1-3-21(4-2)15(23)12-5-7-13(8-6-12)20-14(22)9-10-24-11-16(17,18)19/h5-8H,3-4,9-11H2,1-2H3,(H,20,22). The van der Waals surface area contributed by atoms with Crippen LogP contribution in [-0.2, 0) is 9.53 Å². The van der Waals surface area contributed by atoms with Crippen molar-refractivity contribution >= 4 is 17.5 Å². The highest BCUT2D eigenvalue weighted by atomic mass is 19.4. The Kier molecular flexibility index (Phi) is 7.70. The number of nitrogens with one attached hydrogen (secondary N) is 1. The van der Waals surface area contributed by atoms with Gasteiger partial charge in [-0.15, -0.1) is 0 Å². The van der Waals surface area contributed by atoms with E-state index in [2.05, 4.69) is 10.1 Å². The molecule has 5 nitrogen and oxygen atoms in total. The monoisotopic (exact) mass is 346 g/mol. The molecule has 0 fully saturated rings. The summed E-state index contributed by atoms with van der Waals surface area (Å²) in [5, 5.41) is 2.54. The van der Waals surface area contributed by atoms with E-state index in [-0.39, 0.29) is 18.9 Å². The van der Waals surface area contributed by atoms with Crippen LogP contribution in [0.2, 0.25) is 0 Å². The number of amides is 2. The van der Waals surface area contributed by atoms with Crippen molar-refractivity contribution in [3.05, 3.63) is 29.8 Å². The van der Waals surface area contributed by atoms with E-state index in [0.29, 0.717) is 24.3 Å². The molecule has 1 rings (SSSR count). The Hall–Kier alpha value is -2.09. The fourth-order valence-electron chi connectivity index (χ4n) is 1.97. The first-order valence-electron chi connectivity index (χ1n) is 7.60. The minimum Gasteiger partial charge on any atom is -0.372 e. The molecule has 0 aliphatic carbocycles. The largest absolute Gasteiger partial charge is 0.411 e. The number of ether oxygens (including phenoxy) is 1. The van der Waals surface area contributed by atoms with Gasteiger partial charge in [0.2, 0.25) is 5.91 Å². The number of halogens is 3. The molecule has 0 radical (unpaired) electrons. The van der Waals surface area contributed by atoms with Crippen LogP contribution in [0.5, 0.6) is 0 Å². The highest BCUT2D eigenvalue weighted by Crippen LogP contribution is 2.15. The SMILES string of the molecule is CCN(CC)C(=O)c1ccc(NC(=O)CCOCC(F)(F)F)cc1. The molecule has 0 atom stereocenters. The van der Waals surface area contributed by atoms with E-state index in [9.17, 15) is 22.8 Å². The van der Waals surface area contributed by atoms with Crippen LogP contribution in [0, 0.1) is 0 Å². The van der Waals surface area contributed by atoms with Gasteiger partial charge < -0.3 is 15.0 Å². The first-order chi connectivity index (χ1) is 11.3. The molecule has 134 valence electrons. The van der Waals surface area contributed by atoms with Gasteiger partial charge in [0.05, 0.1) is 13.0 Å². The summed E-state index contributed by atoms with van der Waals surface area (Å²) in [5.74, 6) is -0.557. The number of anilines is 1. The van der Waals surface area contributed by atoms with Gasteiger partial charge in [0.25, 0.3) is 5.91 Å². The van der Waals surface area contributed by atoms with Crippen LogP contribution in [0.4, 0.5) is 18.9 Å². The average Bonchev–Trinajstić information content (AvgIpc) is 2.52. The number of benzene rings is 1. The summed E-state index contributed by atoms with van der Waals surface area (Å²) in [6.07, 6.45) is -4.58. The number of carbonyl (C=O) groups is 2. The summed E-state index contributed by atoms with van der Waals surface area (Å²) in [6.45, 7) is 3.29. The molecule has 0 saturated carbocycles. The van der Waals surface area contributed by atoms with Gasteiger partial charge in [-0.1, -0.05) is 0 Å². The van der Waals surface area contributed by atoms with Crippen molar-refractivity contribution in [2.24, 2.45) is 0 Å². The molecule has 1 aromatic rings. The molecular weight excluding hydrogens is 325 g/mol. The fourth-order valence-corrected chi connectivity index (χ4v) is 1.97. The highest BCUT2D eigenvalue weighted by Gasteiger charge is 2.27. The predicted molar refractivity (Wildman–Crippen MR) is 83.8 cm³/mol. The lowest BCUT2D eigenvalue weighted by Gasteiger charge is -2.18. The smallest absolute Gasteiger partial charge is 0.372 e. The van der Waals surface area contributed by atoms with Gasteiger partial charge in [-0.3, -0.25) is 9.59 Å². The van der Waals surface area contributed by atoms with E-state index in [1.807, 2.05) is 13.8 Å². The normalized spacial score (nSPS) is 11.2. The second-order valence-electron chi connectivity index (χ2n) is 5.02. The van der Waals surface area contributed by atoms with Crippen LogP contribution < -0.4 is 5.32 Å². The Morgan fingerprint density at radius 1 is 1.12 bits per heavy atom. The summed E-state index contributed by atoms with van der Waals surface area (Å²) in [4.78, 5) is 25.4. The van der Waals surface area contributed by atoms with Gasteiger partial charge in [-0.25, -0.2) is 0 Å². The average molecular weight is 346 g/mol. The third-order valence-electron chi connectivity index (χ3n) is 3.21. The number of hydrogen-bond acceptors (Lipinski definition) is 3. The quantitative estimate of drug-likeness (QED) is 0.736. The molecule has 0 aromatic heterocycles. The molecule has 0 unspecified atom stereocenters. The second kappa shape index (κ2) is 9.27. The van der Waals surface area contributed by atoms with Crippen molar-refractivity contribution in [3.63, 3.8) is 0 Å². The third-order valence-corrected chi connectivity index (χ3v) is 3.21. The minimum atomic E-state index is -4.40. The van der Waals surface area contributed by atoms with E-state index in [4.69, 9.17) is 0 Å². The Morgan fingerprint density at radius 3 is 2.21 bits per heavy atom. The van der Waals surface area contributed by atoms with Gasteiger partial charge in [0.1, 0.15) is 6.61 Å². The zero-order chi connectivity index (χ0) is 18.2. The van der Waals surface area contributed by atoms with E-state index >= 15 is 0 Å². The molecule has 2 amide bonds. The van der Waals surface area contributed by atoms with Crippen molar-refractivity contribution in [1.82, 2.24) is 4.90 Å². The van der Waals surface area contributed by atoms with Crippen LogP contribution in [0.15, 0.2) is 24.3 Å². The number of nitrogens with zero attached hydrogens (tertiary/aromatic N) is 1. The summed E-state index contributed by atoms with van der Waals surface area (Å²) in [5.41, 5.74) is 0.970. The van der Waals surface area contributed by atoms with E-state index in [1.165, 1.54) is 0 Å². The lowest BCUT2D eigenvalue weighted by atomic mass is 10.1. The molecule has 0 saturated heterocycles. The maximum atomic E-state index is 12.1. The molecule has 0 aliphatic rings. The first-order valence-corrected chi connectivity index (χ1v) is 7.60. The van der Waals surface area contributed by atoms with E-state index in [0.717, 1.165) is 0 Å². The molecule has 0 heterocycles. The summed E-state index contributed by atoms with van der Waals surface area (Å²) >= 11 is 0. The Bertz CT molecular complexity index is 540. The maximum Gasteiger partial charge on any atom is 0.411 e. The predicted octanol–water partition coefficient (Wildman–Crippen LogP) is 3.08. The van der Waals surface area contributed by atoms with Gasteiger partial charge in [-0.05, 0) is 38.1 Å². The van der Waals surface area contributed by atoms with Crippen LogP contribution >= 0.6 is 0 Å². The van der Waals surface area contributed by atoms with Crippen LogP contribution in [0.25, 0.3) is 0 Å². The van der Waals surface area contributed by atoms with Gasteiger partial charge in [-0.2, -0.15) is 13.2 Å². The Morgan fingerprint density at radius 2 is 1.71 bits per heavy atom. The zero-order valence-electron chi connectivity index (χ0n) is 13.7. The van der Waals surface area contributed by atoms with Crippen LogP contribution in [0.3, 0.4) is 0 Å². The molecule has 1 aromatic carbocycles. The van der Waals surface area contributed by atoms with E-state index < -0.39 is 18.7 Å². The topological polar surface area (TPSA) is 58.6 Å². The maximum absolute atomic E-state index is 12.1. The molecule has 0 bridgehead atoms. The molecule has 0 aliphatic heterocycles. The van der Waals surface area contributed by atoms with Crippen LogP contribution in [-0.4, -0.2) is 49.2 Å². The number of rotatable bonds is 8. The second-order valence-corrected chi connectivity index (χ2v) is 5.02. The van der Waals surface area contributed by atoms with Crippen molar-refractivity contribution in [2.45, 2.75) is 26.4 Å². The Balaban J connectivity index is 2.46. The first kappa shape index (κ1) is 20.0. The molecule has 24 heavy (non-hydrogen) atoms. The number of hydrogen-bond donors (Lipinski definition) is 1. The lowest BCUT2D eigenvalue weighted by Crippen LogP contribution is -2.30. The zero-order valence-corrected chi connectivity index (χ0v) is 13.7. The van der Waals surface area contributed by atoms with Gasteiger partial charge in [0, 0.05) is 24.3 Å². The van der Waals surface area contributed by atoms with Crippen LogP contribution in [0.1, 0.15) is 30.6 Å². The summed E-state index contributed by atoms with van der Waals surface area (Å²) in [6, 6.07) is 6.34. The van der Waals surface area contributed by atoms with Crippen molar-refractivity contribution in [3.8, 4) is 0 Å². The molecule has 0 spiro atoms. The van der Waals surface area contributed by atoms with E-state index in [1.54, 1.807) is 29.2 Å². The molecule has 1 N–H and O–H groups in total. The van der Waals surface area contributed by atoms with Gasteiger partial charge >= 0.3 is 6.18 Å². The van der Waals surface area contributed by atoms with Crippen molar-refractivity contribution in [2.75, 3.05) is 31.6 Å². The highest BCUT2D eigenvalue weighted by molar-refractivity contribution is 5.95. The summed E-state index contributed by atoms with van der Waals surface area (Å²) < 4.78 is 40.0. The third kappa shape index (κ3) is 6.99. The van der Waals surface area contributed by atoms with Crippen molar-refractivity contribution in [1.29, 1.82) is 0 Å². The Labute approximate surface area is 138 Å². The molecular formula is C16H21F3N2O3. The summed E-state index contributed by atoms with van der Waals surface area (Å²) in [7, 11) is 0. The number of alkyl halides is 3.